The normalized spacial score (nSPS) is 21.2. The summed E-state index contributed by atoms with van der Waals surface area (Å²) in [6.45, 7) is 2.75. The molecule has 5 rings (SSSR count). The van der Waals surface area contributed by atoms with Crippen LogP contribution in [0.3, 0.4) is 0 Å². The van der Waals surface area contributed by atoms with Gasteiger partial charge in [-0.1, -0.05) is 36.8 Å². The summed E-state index contributed by atoms with van der Waals surface area (Å²) >= 11 is 0. The van der Waals surface area contributed by atoms with Crippen LogP contribution < -0.4 is 10.6 Å². The SMILES string of the molecule is C[C@@H](Nc1nc(C(=N)NC(=O)O)nc2nc(C3(c4ccccc4)CCO3)n(C)c12)C1CCC1. The third-order valence-corrected chi connectivity index (χ3v) is 6.81. The molecule has 4 N–H and O–H groups in total. The molecular formula is C23H27N7O3. The molecule has 0 radical (unpaired) electrons. The van der Waals surface area contributed by atoms with Gasteiger partial charge >= 0.3 is 6.09 Å². The molecule has 172 valence electrons. The van der Waals surface area contributed by atoms with Gasteiger partial charge in [-0.05, 0) is 31.2 Å². The lowest BCUT2D eigenvalue weighted by Gasteiger charge is -2.41. The topological polar surface area (TPSA) is 138 Å². The van der Waals surface area contributed by atoms with E-state index in [0.717, 1.165) is 24.8 Å². The number of carbonyl (C=O) groups is 1. The zero-order valence-electron chi connectivity index (χ0n) is 18.6. The van der Waals surface area contributed by atoms with E-state index in [4.69, 9.17) is 20.2 Å². The molecule has 2 aromatic heterocycles. The molecule has 1 aromatic carbocycles. The van der Waals surface area contributed by atoms with E-state index in [1.807, 2.05) is 47.3 Å². The summed E-state index contributed by atoms with van der Waals surface area (Å²) in [4.78, 5) is 24.9. The molecule has 1 saturated carbocycles. The number of benzene rings is 1. The van der Waals surface area contributed by atoms with Gasteiger partial charge in [-0.25, -0.2) is 19.7 Å². The second-order valence-electron chi connectivity index (χ2n) is 8.78. The second kappa shape index (κ2) is 8.11. The molecule has 2 aliphatic rings. The minimum absolute atomic E-state index is 0.0267. The fourth-order valence-corrected chi connectivity index (χ4v) is 4.67. The van der Waals surface area contributed by atoms with Crippen LogP contribution in [0.4, 0.5) is 10.6 Å². The van der Waals surface area contributed by atoms with Crippen molar-refractivity contribution in [1.82, 2.24) is 24.8 Å². The molecule has 10 heteroatoms. The molecular weight excluding hydrogens is 422 g/mol. The van der Waals surface area contributed by atoms with Gasteiger partial charge in [0.2, 0.25) is 0 Å². The lowest BCUT2D eigenvalue weighted by Crippen LogP contribution is -2.44. The Hall–Kier alpha value is -3.53. The van der Waals surface area contributed by atoms with Gasteiger partial charge in [0.1, 0.15) is 11.3 Å². The lowest BCUT2D eigenvalue weighted by molar-refractivity contribution is -0.130. The van der Waals surface area contributed by atoms with Crippen molar-refractivity contribution in [2.45, 2.75) is 44.2 Å². The molecule has 10 nitrogen and oxygen atoms in total. The second-order valence-corrected chi connectivity index (χ2v) is 8.78. The van der Waals surface area contributed by atoms with E-state index in [-0.39, 0.29) is 11.9 Å². The standard InChI is InChI=1S/C23H27N7O3/c1-13(14-7-6-8-14)25-18-16-19(28-20(27-18)17(24)26-22(31)32)29-21(30(16)2)23(11-12-33-23)15-9-4-3-5-10-15/h3-5,9-10,13-14H,6-8,11-12H2,1-2H3,(H2,24,26)(H,31,32)(H,25,27,28)/t13-,23?/m1/s1. The van der Waals surface area contributed by atoms with E-state index in [2.05, 4.69) is 22.2 Å². The molecule has 0 bridgehead atoms. The van der Waals surface area contributed by atoms with E-state index >= 15 is 0 Å². The highest BCUT2D eigenvalue weighted by Crippen LogP contribution is 2.44. The molecule has 1 aliphatic heterocycles. The van der Waals surface area contributed by atoms with Crippen LogP contribution >= 0.6 is 0 Å². The maximum Gasteiger partial charge on any atom is 0.410 e. The number of amidine groups is 1. The summed E-state index contributed by atoms with van der Waals surface area (Å²) in [5.41, 5.74) is 1.43. The number of rotatable bonds is 6. The fourth-order valence-electron chi connectivity index (χ4n) is 4.67. The number of amides is 1. The zero-order valence-corrected chi connectivity index (χ0v) is 18.6. The van der Waals surface area contributed by atoms with Crippen molar-refractivity contribution >= 4 is 28.9 Å². The first-order valence-electron chi connectivity index (χ1n) is 11.2. The van der Waals surface area contributed by atoms with Crippen LogP contribution in [0.1, 0.15) is 49.8 Å². The number of fused-ring (bicyclic) bond motifs is 1. The molecule has 33 heavy (non-hydrogen) atoms. The minimum Gasteiger partial charge on any atom is -0.465 e. The Kier molecular flexibility index (Phi) is 5.24. The molecule has 0 spiro atoms. The summed E-state index contributed by atoms with van der Waals surface area (Å²) in [6, 6.07) is 10.2. The number of nitrogens with zero attached hydrogens (tertiary/aromatic N) is 4. The fraction of sp³-hybridized carbons (Fsp3) is 0.435. The van der Waals surface area contributed by atoms with Crippen LogP contribution in [0, 0.1) is 11.3 Å². The average molecular weight is 450 g/mol. The molecule has 1 saturated heterocycles. The summed E-state index contributed by atoms with van der Waals surface area (Å²) in [6.07, 6.45) is 2.99. The first kappa shape index (κ1) is 21.3. The molecule has 1 amide bonds. The van der Waals surface area contributed by atoms with Crippen molar-refractivity contribution in [2.24, 2.45) is 13.0 Å². The maximum absolute atomic E-state index is 11.1. The van der Waals surface area contributed by atoms with Crippen LogP contribution in [-0.4, -0.2) is 49.2 Å². The number of hydrogen-bond acceptors (Lipinski definition) is 7. The van der Waals surface area contributed by atoms with Crippen LogP contribution in [0.5, 0.6) is 0 Å². The molecule has 1 unspecified atom stereocenters. The Morgan fingerprint density at radius 1 is 1.27 bits per heavy atom. The first-order valence-corrected chi connectivity index (χ1v) is 11.2. The smallest absolute Gasteiger partial charge is 0.410 e. The Morgan fingerprint density at radius 2 is 2.00 bits per heavy atom. The minimum atomic E-state index is -1.34. The van der Waals surface area contributed by atoms with Gasteiger partial charge in [-0.15, -0.1) is 0 Å². The largest absolute Gasteiger partial charge is 0.465 e. The summed E-state index contributed by atoms with van der Waals surface area (Å²) in [7, 11) is 1.92. The Morgan fingerprint density at radius 3 is 2.58 bits per heavy atom. The van der Waals surface area contributed by atoms with Crippen LogP contribution in [0.15, 0.2) is 30.3 Å². The van der Waals surface area contributed by atoms with Gasteiger partial charge in [-0.3, -0.25) is 10.7 Å². The average Bonchev–Trinajstić information content (AvgIpc) is 3.03. The lowest BCUT2D eigenvalue weighted by atomic mass is 9.80. The van der Waals surface area contributed by atoms with Crippen LogP contribution in [0.25, 0.3) is 11.2 Å². The van der Waals surface area contributed by atoms with Crippen molar-refractivity contribution in [2.75, 3.05) is 11.9 Å². The van der Waals surface area contributed by atoms with Crippen molar-refractivity contribution in [3.8, 4) is 0 Å². The number of aromatic nitrogens is 4. The monoisotopic (exact) mass is 449 g/mol. The third-order valence-electron chi connectivity index (χ3n) is 6.81. The predicted molar refractivity (Wildman–Crippen MR) is 123 cm³/mol. The number of hydrogen-bond donors (Lipinski definition) is 4. The van der Waals surface area contributed by atoms with Crippen molar-refractivity contribution < 1.29 is 14.6 Å². The predicted octanol–water partition coefficient (Wildman–Crippen LogP) is 3.22. The van der Waals surface area contributed by atoms with E-state index < -0.39 is 17.5 Å². The summed E-state index contributed by atoms with van der Waals surface area (Å²) in [5.74, 6) is 1.37. The van der Waals surface area contributed by atoms with Gasteiger partial charge in [0.05, 0.1) is 6.61 Å². The molecule has 2 atom stereocenters. The van der Waals surface area contributed by atoms with Crippen molar-refractivity contribution in [3.63, 3.8) is 0 Å². The molecule has 3 heterocycles. The highest BCUT2D eigenvalue weighted by molar-refractivity contribution is 6.03. The highest BCUT2D eigenvalue weighted by Gasteiger charge is 2.46. The van der Waals surface area contributed by atoms with Gasteiger partial charge < -0.3 is 19.7 Å². The van der Waals surface area contributed by atoms with Crippen LogP contribution in [-0.2, 0) is 17.4 Å². The molecule has 3 aromatic rings. The summed E-state index contributed by atoms with van der Waals surface area (Å²) < 4.78 is 8.09. The maximum atomic E-state index is 11.1. The number of aryl methyl sites for hydroxylation is 1. The number of anilines is 1. The van der Waals surface area contributed by atoms with Crippen molar-refractivity contribution in [3.05, 3.63) is 47.5 Å². The van der Waals surface area contributed by atoms with Gasteiger partial charge in [0.15, 0.2) is 28.7 Å². The van der Waals surface area contributed by atoms with Gasteiger partial charge in [0, 0.05) is 19.5 Å². The number of imidazole rings is 1. The van der Waals surface area contributed by atoms with Gasteiger partial charge in [0.25, 0.3) is 0 Å². The molecule has 1 aliphatic carbocycles. The number of ether oxygens (including phenoxy) is 1. The Labute approximate surface area is 190 Å². The van der Waals surface area contributed by atoms with Crippen molar-refractivity contribution in [1.29, 1.82) is 5.41 Å². The van der Waals surface area contributed by atoms with Crippen LogP contribution in [0.2, 0.25) is 0 Å². The Balaban J connectivity index is 1.64. The quantitative estimate of drug-likeness (QED) is 0.335. The molecule has 2 fully saturated rings. The van der Waals surface area contributed by atoms with E-state index in [1.165, 1.54) is 6.42 Å². The van der Waals surface area contributed by atoms with E-state index in [0.29, 0.717) is 35.3 Å². The van der Waals surface area contributed by atoms with Gasteiger partial charge in [-0.2, -0.15) is 0 Å². The first-order chi connectivity index (χ1) is 15.9. The number of carboxylic acid groups (broad SMARTS) is 1. The number of nitrogens with one attached hydrogen (secondary N) is 3. The Bertz CT molecular complexity index is 1220. The zero-order chi connectivity index (χ0) is 23.2. The van der Waals surface area contributed by atoms with E-state index in [9.17, 15) is 4.79 Å². The highest BCUT2D eigenvalue weighted by atomic mass is 16.5. The van der Waals surface area contributed by atoms with E-state index in [1.54, 1.807) is 0 Å². The third kappa shape index (κ3) is 3.60. The summed E-state index contributed by atoms with van der Waals surface area (Å²) in [5, 5.41) is 22.7.